The number of hydrogen-bond acceptors (Lipinski definition) is 18. The molecule has 84 heavy (non-hydrogen) atoms. The van der Waals surface area contributed by atoms with E-state index in [1.807, 2.05) is 62.3 Å². The molecular formula is C66H106O18. The highest BCUT2D eigenvalue weighted by Gasteiger charge is 2.59. The van der Waals surface area contributed by atoms with Crippen molar-refractivity contribution in [3.05, 3.63) is 24.3 Å². The molecular weight excluding hydrogens is 1080 g/mol. The molecule has 2 aliphatic heterocycles. The molecule has 18 heteroatoms. The molecule has 2 unspecified atom stereocenters. The Kier molecular flexibility index (Phi) is 26.2. The molecule has 0 spiro atoms. The Hall–Kier alpha value is -4.84. The molecule has 0 N–H and O–H groups in total. The van der Waals surface area contributed by atoms with Gasteiger partial charge in [-0.1, -0.05) is 40.9 Å². The fourth-order valence-electron chi connectivity index (χ4n) is 12.3. The number of rotatable bonds is 21. The summed E-state index contributed by atoms with van der Waals surface area (Å²) in [5, 5.41) is 0. The zero-order valence-corrected chi connectivity index (χ0v) is 54.1. The van der Waals surface area contributed by atoms with Crippen LogP contribution in [0, 0.1) is 69.0 Å². The quantitative estimate of drug-likeness (QED) is 0.0342. The van der Waals surface area contributed by atoms with Crippen LogP contribution in [0.5, 0.6) is 0 Å². The number of carbonyl (C=O) groups excluding carboxylic acids is 8. The summed E-state index contributed by atoms with van der Waals surface area (Å²) in [6, 6.07) is 0. The van der Waals surface area contributed by atoms with Crippen LogP contribution in [-0.4, -0.2) is 111 Å². The summed E-state index contributed by atoms with van der Waals surface area (Å²) in [6.07, 6.45) is 15.6. The number of esters is 8. The lowest BCUT2D eigenvalue weighted by Gasteiger charge is -2.59. The van der Waals surface area contributed by atoms with E-state index in [9.17, 15) is 38.4 Å². The van der Waals surface area contributed by atoms with Gasteiger partial charge in [-0.05, 0) is 220 Å². The van der Waals surface area contributed by atoms with Gasteiger partial charge in [0.25, 0.3) is 0 Å². The van der Waals surface area contributed by atoms with Gasteiger partial charge in [-0.15, -0.1) is 0 Å². The minimum atomic E-state index is -0.728. The first-order valence-corrected chi connectivity index (χ1v) is 31.1. The molecule has 0 amide bonds. The highest BCUT2D eigenvalue weighted by Crippen LogP contribution is 2.61. The summed E-state index contributed by atoms with van der Waals surface area (Å²) >= 11 is 0. The molecule has 8 aliphatic carbocycles. The molecule has 8 bridgehead atoms. The van der Waals surface area contributed by atoms with Crippen molar-refractivity contribution >= 4 is 47.8 Å². The van der Waals surface area contributed by atoms with E-state index < -0.39 is 46.4 Å². The van der Waals surface area contributed by atoms with Crippen LogP contribution >= 0.6 is 0 Å². The second-order valence-electron chi connectivity index (χ2n) is 27.9. The predicted molar refractivity (Wildman–Crippen MR) is 314 cm³/mol. The summed E-state index contributed by atoms with van der Waals surface area (Å²) in [4.78, 5) is 91.9. The minimum absolute atomic E-state index is 0.0185. The molecule has 0 radical (unpaired) electrons. The van der Waals surface area contributed by atoms with Gasteiger partial charge >= 0.3 is 47.8 Å². The lowest BCUT2D eigenvalue weighted by Crippen LogP contribution is -2.58. The van der Waals surface area contributed by atoms with E-state index in [2.05, 4.69) is 38.7 Å². The molecule has 18 nitrogen and oxygen atoms in total. The zero-order valence-electron chi connectivity index (χ0n) is 54.1. The Balaban J connectivity index is 0.000000228. The Morgan fingerprint density at radius 3 is 1.08 bits per heavy atom. The topological polar surface area (TPSA) is 229 Å². The van der Waals surface area contributed by atoms with Crippen molar-refractivity contribution in [1.29, 1.82) is 0 Å². The van der Waals surface area contributed by atoms with Crippen LogP contribution in [0.2, 0.25) is 0 Å². The molecule has 0 aromatic heterocycles. The first kappa shape index (κ1) is 71.6. The molecule has 2 heterocycles. The normalized spacial score (nSPS) is 29.5. The molecule has 0 aromatic rings. The van der Waals surface area contributed by atoms with Gasteiger partial charge in [0.15, 0.2) is 13.6 Å². The Morgan fingerprint density at radius 2 is 0.774 bits per heavy atom. The van der Waals surface area contributed by atoms with E-state index in [1.54, 1.807) is 20.8 Å². The summed E-state index contributed by atoms with van der Waals surface area (Å²) < 4.78 is 51.4. The van der Waals surface area contributed by atoms with Crippen LogP contribution in [0.3, 0.4) is 0 Å². The highest BCUT2D eigenvalue weighted by atomic mass is 16.7. The molecule has 10 rings (SSSR count). The maximum atomic E-state index is 12.5. The fourth-order valence-corrected chi connectivity index (χ4v) is 12.3. The standard InChI is InChI=1S/C17H28O2.C16H30O6.C15H22O2.C10H16O4.C8H10O4/c1-5-16(2,3)15(18)19-17(4)13-7-11-6-12(9-13)10-14(17)8-11;1-7-15(3,4)13(17)21-11-19-9-10-20-12-22-14(18)16(5,6)8-2;1-9(2)14(16)17-15(3)12-5-10-4-11(7-12)8-13(15)6-10;1-4-10(2,3)9(12)14-7-5-6-13-8(7)11;1-5(2)7(9)12-6-3-4-11-8(6)10/h11-14H,5-10H2,1-4H3;7-12H2,1-6H3;10-13H,1,4-8H2,2-3H3;7H,4-6H2,1-3H3;6H,1,3-4H2,2H3. The third-order valence-electron chi connectivity index (χ3n) is 19.8. The largest absolute Gasteiger partial charge is 0.463 e. The average Bonchev–Trinajstić information content (AvgIpc) is 1.90. The minimum Gasteiger partial charge on any atom is -0.463 e. The third kappa shape index (κ3) is 19.3. The zero-order chi connectivity index (χ0) is 63.2. The van der Waals surface area contributed by atoms with Crippen molar-refractivity contribution < 1.29 is 85.7 Å². The van der Waals surface area contributed by atoms with Crippen molar-refractivity contribution in [2.45, 2.75) is 237 Å². The molecule has 2 saturated heterocycles. The maximum Gasteiger partial charge on any atom is 0.347 e. The van der Waals surface area contributed by atoms with Crippen molar-refractivity contribution in [2.24, 2.45) is 69.0 Å². The van der Waals surface area contributed by atoms with Gasteiger partial charge in [-0.25, -0.2) is 19.2 Å². The van der Waals surface area contributed by atoms with E-state index >= 15 is 0 Å². The van der Waals surface area contributed by atoms with E-state index in [0.717, 1.165) is 30.1 Å². The number of hydrogen-bond donors (Lipinski definition) is 0. The van der Waals surface area contributed by atoms with Gasteiger partial charge in [0.1, 0.15) is 11.2 Å². The van der Waals surface area contributed by atoms with Gasteiger partial charge in [-0.2, -0.15) is 0 Å². The van der Waals surface area contributed by atoms with Gasteiger partial charge in [-0.3, -0.25) is 19.2 Å². The Bertz CT molecular complexity index is 2220. The first-order valence-electron chi connectivity index (χ1n) is 31.1. The number of cyclic esters (lactones) is 2. The van der Waals surface area contributed by atoms with Crippen LogP contribution in [0.15, 0.2) is 24.3 Å². The van der Waals surface area contributed by atoms with Gasteiger partial charge < -0.3 is 47.4 Å². The predicted octanol–water partition coefficient (Wildman–Crippen LogP) is 12.1. The SMILES string of the molecule is C=C(C)C(=O)OC1(C)C2CC3CC(C2)CC1C3.C=C(C)C(=O)OC1CCOC1=O.CCC(C)(C)C(=O)OC1(C)C2CC3CC(C2)CC1C3.CCC(C)(C)C(=O)OC1CCOC1=O.CCC(C)(C)C(=O)OCOCCOCOC(=O)C(C)(C)CC. The summed E-state index contributed by atoms with van der Waals surface area (Å²) in [5.74, 6) is 3.61. The van der Waals surface area contributed by atoms with Crippen LogP contribution in [0.4, 0.5) is 0 Å². The summed E-state index contributed by atoms with van der Waals surface area (Å²) in [6.45, 7) is 38.5. The third-order valence-corrected chi connectivity index (χ3v) is 19.8. The second kappa shape index (κ2) is 30.7. The van der Waals surface area contributed by atoms with Crippen molar-refractivity contribution in [3.63, 3.8) is 0 Å². The Morgan fingerprint density at radius 1 is 0.464 bits per heavy atom. The number of ether oxygens (including phenoxy) is 10. The van der Waals surface area contributed by atoms with Crippen molar-refractivity contribution in [1.82, 2.24) is 0 Å². The molecule has 2 atom stereocenters. The van der Waals surface area contributed by atoms with Crippen LogP contribution < -0.4 is 0 Å². The molecule has 478 valence electrons. The lowest BCUT2D eigenvalue weighted by molar-refractivity contribution is -0.211. The van der Waals surface area contributed by atoms with E-state index in [4.69, 9.17) is 42.6 Å². The monoisotopic (exact) mass is 1190 g/mol. The maximum absolute atomic E-state index is 12.5. The second-order valence-corrected chi connectivity index (χ2v) is 27.9. The first-order chi connectivity index (χ1) is 39.1. The summed E-state index contributed by atoms with van der Waals surface area (Å²) in [7, 11) is 0. The van der Waals surface area contributed by atoms with Crippen LogP contribution in [-0.2, 0) is 85.7 Å². The van der Waals surface area contributed by atoms with Gasteiger partial charge in [0.2, 0.25) is 12.2 Å². The number of carbonyl (C=O) groups is 8. The smallest absolute Gasteiger partial charge is 0.347 e. The fraction of sp³-hybridized carbons (Fsp3) is 0.818. The van der Waals surface area contributed by atoms with Crippen molar-refractivity contribution in [2.75, 3.05) is 40.0 Å². The van der Waals surface area contributed by atoms with Crippen molar-refractivity contribution in [3.8, 4) is 0 Å². The van der Waals surface area contributed by atoms with E-state index in [1.165, 1.54) is 71.1 Å². The van der Waals surface area contributed by atoms with Gasteiger partial charge in [0, 0.05) is 24.0 Å². The highest BCUT2D eigenvalue weighted by molar-refractivity contribution is 5.90. The molecule has 8 saturated carbocycles. The average molecular weight is 1190 g/mol. The summed E-state index contributed by atoms with van der Waals surface area (Å²) in [5.41, 5.74) is -1.42. The van der Waals surface area contributed by atoms with E-state index in [-0.39, 0.29) is 78.8 Å². The molecule has 10 aliphatic rings. The molecule has 10 fully saturated rings. The molecule has 0 aromatic carbocycles. The van der Waals surface area contributed by atoms with E-state index in [0.29, 0.717) is 74.6 Å². The Labute approximate surface area is 501 Å². The lowest BCUT2D eigenvalue weighted by atomic mass is 9.50. The van der Waals surface area contributed by atoms with Gasteiger partial charge in [0.05, 0.1) is 48.1 Å². The van der Waals surface area contributed by atoms with Crippen LogP contribution in [0.1, 0.15) is 214 Å². The van der Waals surface area contributed by atoms with Crippen LogP contribution in [0.25, 0.3) is 0 Å².